The third-order valence-corrected chi connectivity index (χ3v) is 3.02. The number of rotatable bonds is 2. The smallest absolute Gasteiger partial charge is 0.320 e. The highest BCUT2D eigenvalue weighted by Crippen LogP contribution is 2.27. The van der Waals surface area contributed by atoms with E-state index in [4.69, 9.17) is 0 Å². The van der Waals surface area contributed by atoms with Crippen molar-refractivity contribution in [3.63, 3.8) is 0 Å². The maximum atomic E-state index is 11.4. The molecule has 2 rings (SSSR count). The van der Waals surface area contributed by atoms with Gasteiger partial charge < -0.3 is 5.32 Å². The second-order valence-electron chi connectivity index (χ2n) is 3.52. The van der Waals surface area contributed by atoms with E-state index < -0.39 is 0 Å². The van der Waals surface area contributed by atoms with E-state index in [2.05, 4.69) is 15.0 Å². The first-order chi connectivity index (χ1) is 7.70. The molecule has 0 saturated heterocycles. The minimum Gasteiger partial charge on any atom is -0.338 e. The van der Waals surface area contributed by atoms with Gasteiger partial charge in [-0.2, -0.15) is 4.37 Å². The molecule has 0 aliphatic heterocycles. The Labute approximate surface area is 97.8 Å². The average Bonchev–Trinajstić information content (AvgIpc) is 2.61. The molecule has 0 aliphatic carbocycles. The quantitative estimate of drug-likeness (QED) is 0.841. The van der Waals surface area contributed by atoms with Crippen molar-refractivity contribution in [2.24, 2.45) is 0 Å². The van der Waals surface area contributed by atoms with Crippen molar-refractivity contribution >= 4 is 33.5 Å². The zero-order valence-corrected chi connectivity index (χ0v) is 10.0. The molecule has 0 aliphatic rings. The fourth-order valence-electron chi connectivity index (χ4n) is 1.45. The molecule has 84 valence electrons. The lowest BCUT2D eigenvalue weighted by atomic mass is 10.2. The number of hydrogen-bond donors (Lipinski definition) is 2. The van der Waals surface area contributed by atoms with E-state index in [0.29, 0.717) is 12.4 Å². The summed E-state index contributed by atoms with van der Waals surface area (Å²) in [6, 6.07) is 5.87. The lowest BCUT2D eigenvalue weighted by Crippen LogP contribution is -2.28. The third-order valence-electron chi connectivity index (χ3n) is 2.19. The molecule has 4 nitrogen and oxygen atoms in total. The fraction of sp³-hybridized carbons (Fsp3) is 0.273. The van der Waals surface area contributed by atoms with Gasteiger partial charge in [0.25, 0.3) is 0 Å². The van der Waals surface area contributed by atoms with E-state index in [-0.39, 0.29) is 6.03 Å². The largest absolute Gasteiger partial charge is 0.338 e. The van der Waals surface area contributed by atoms with E-state index in [0.717, 1.165) is 15.6 Å². The zero-order valence-electron chi connectivity index (χ0n) is 9.20. The van der Waals surface area contributed by atoms with Gasteiger partial charge in [-0.15, -0.1) is 0 Å². The van der Waals surface area contributed by atoms with Gasteiger partial charge in [0, 0.05) is 11.9 Å². The number of fused-ring (bicyclic) bond motifs is 1. The Balaban J connectivity index is 2.30. The Morgan fingerprint density at radius 2 is 2.31 bits per heavy atom. The topological polar surface area (TPSA) is 54.0 Å². The van der Waals surface area contributed by atoms with Crippen LogP contribution >= 0.6 is 11.5 Å². The molecule has 0 atom stereocenters. The van der Waals surface area contributed by atoms with E-state index >= 15 is 0 Å². The Morgan fingerprint density at radius 3 is 3.06 bits per heavy atom. The van der Waals surface area contributed by atoms with Crippen molar-refractivity contribution in [2.45, 2.75) is 13.8 Å². The molecule has 16 heavy (non-hydrogen) atoms. The number of aryl methyl sites for hydroxylation is 1. The van der Waals surface area contributed by atoms with Crippen molar-refractivity contribution in [1.82, 2.24) is 9.69 Å². The first kappa shape index (κ1) is 10.9. The highest BCUT2D eigenvalue weighted by molar-refractivity contribution is 7.13. The molecule has 0 unspecified atom stereocenters. The normalized spacial score (nSPS) is 10.4. The van der Waals surface area contributed by atoms with E-state index in [1.54, 1.807) is 0 Å². The first-order valence-corrected chi connectivity index (χ1v) is 5.89. The maximum absolute atomic E-state index is 11.4. The van der Waals surface area contributed by atoms with Crippen LogP contribution in [-0.4, -0.2) is 16.9 Å². The van der Waals surface area contributed by atoms with Gasteiger partial charge >= 0.3 is 6.03 Å². The van der Waals surface area contributed by atoms with Gasteiger partial charge in [0.2, 0.25) is 0 Å². The Bertz CT molecular complexity index is 521. The molecule has 0 spiro atoms. The van der Waals surface area contributed by atoms with Crippen molar-refractivity contribution in [1.29, 1.82) is 0 Å². The van der Waals surface area contributed by atoms with Gasteiger partial charge in [0.05, 0.1) is 4.70 Å². The summed E-state index contributed by atoms with van der Waals surface area (Å²) in [4.78, 5) is 11.4. The Hall–Kier alpha value is -1.62. The van der Waals surface area contributed by atoms with E-state index in [1.165, 1.54) is 11.5 Å². The summed E-state index contributed by atoms with van der Waals surface area (Å²) in [6.45, 7) is 4.50. The van der Waals surface area contributed by atoms with Crippen molar-refractivity contribution < 1.29 is 4.79 Å². The van der Waals surface area contributed by atoms with Crippen LogP contribution < -0.4 is 10.6 Å². The molecular formula is C11H13N3OS. The second-order valence-corrected chi connectivity index (χ2v) is 4.32. The summed E-state index contributed by atoms with van der Waals surface area (Å²) in [7, 11) is 0. The highest BCUT2D eigenvalue weighted by Gasteiger charge is 2.08. The SMILES string of the molecule is CCNC(=O)Nc1nsc2ccc(C)cc12. The van der Waals surface area contributed by atoms with Crippen LogP contribution in [-0.2, 0) is 0 Å². The average molecular weight is 235 g/mol. The molecule has 0 saturated carbocycles. The molecule has 0 radical (unpaired) electrons. The molecule has 1 aromatic carbocycles. The molecule has 1 heterocycles. The molecule has 1 aromatic heterocycles. The number of anilines is 1. The summed E-state index contributed by atoms with van der Waals surface area (Å²) in [5, 5.41) is 6.42. The van der Waals surface area contributed by atoms with Gasteiger partial charge in [-0.25, -0.2) is 4.79 Å². The molecule has 0 fully saturated rings. The van der Waals surface area contributed by atoms with Gasteiger partial charge in [-0.1, -0.05) is 11.6 Å². The van der Waals surface area contributed by atoms with Gasteiger partial charge in [-0.05, 0) is 37.5 Å². The Morgan fingerprint density at radius 1 is 1.50 bits per heavy atom. The Kier molecular flexibility index (Phi) is 3.05. The molecule has 2 amide bonds. The molecule has 2 N–H and O–H groups in total. The van der Waals surface area contributed by atoms with Crippen molar-refractivity contribution in [3.8, 4) is 0 Å². The van der Waals surface area contributed by atoms with Crippen LogP contribution in [0.2, 0.25) is 0 Å². The number of benzene rings is 1. The zero-order chi connectivity index (χ0) is 11.5. The highest BCUT2D eigenvalue weighted by atomic mass is 32.1. The van der Waals surface area contributed by atoms with E-state index in [9.17, 15) is 4.79 Å². The number of amides is 2. The van der Waals surface area contributed by atoms with Gasteiger partial charge in [0.15, 0.2) is 5.82 Å². The molecule has 2 aromatic rings. The van der Waals surface area contributed by atoms with Crippen LogP contribution in [0.1, 0.15) is 12.5 Å². The molecule has 0 bridgehead atoms. The lowest BCUT2D eigenvalue weighted by Gasteiger charge is -2.03. The predicted octanol–water partition coefficient (Wildman–Crippen LogP) is 2.75. The van der Waals surface area contributed by atoms with Crippen LogP contribution in [0.15, 0.2) is 18.2 Å². The van der Waals surface area contributed by atoms with Crippen LogP contribution in [0.3, 0.4) is 0 Å². The van der Waals surface area contributed by atoms with Crippen molar-refractivity contribution in [2.75, 3.05) is 11.9 Å². The van der Waals surface area contributed by atoms with Crippen molar-refractivity contribution in [3.05, 3.63) is 23.8 Å². The number of carbonyl (C=O) groups excluding carboxylic acids is 1. The number of aromatic nitrogens is 1. The third kappa shape index (κ3) is 2.14. The minimum atomic E-state index is -0.212. The van der Waals surface area contributed by atoms with Crippen LogP contribution in [0.5, 0.6) is 0 Å². The minimum absolute atomic E-state index is 0.212. The lowest BCUT2D eigenvalue weighted by molar-refractivity contribution is 0.252. The number of nitrogens with one attached hydrogen (secondary N) is 2. The second kappa shape index (κ2) is 4.49. The fourth-order valence-corrected chi connectivity index (χ4v) is 2.17. The first-order valence-electron chi connectivity index (χ1n) is 5.11. The van der Waals surface area contributed by atoms with Crippen LogP contribution in [0.4, 0.5) is 10.6 Å². The standard InChI is InChI=1S/C11H13N3OS/c1-3-12-11(15)13-10-8-6-7(2)4-5-9(8)16-14-10/h4-6H,3H2,1-2H3,(H2,12,13,14,15). The maximum Gasteiger partial charge on any atom is 0.320 e. The number of nitrogens with zero attached hydrogens (tertiary/aromatic N) is 1. The van der Waals surface area contributed by atoms with Crippen LogP contribution in [0.25, 0.3) is 10.1 Å². The summed E-state index contributed by atoms with van der Waals surface area (Å²) in [5.74, 6) is 0.634. The molecular weight excluding hydrogens is 222 g/mol. The van der Waals surface area contributed by atoms with Gasteiger partial charge in [-0.3, -0.25) is 5.32 Å². The van der Waals surface area contributed by atoms with E-state index in [1.807, 2.05) is 32.0 Å². The summed E-state index contributed by atoms with van der Waals surface area (Å²) in [6.07, 6.45) is 0. The number of hydrogen-bond acceptors (Lipinski definition) is 3. The summed E-state index contributed by atoms with van der Waals surface area (Å²) < 4.78 is 5.31. The summed E-state index contributed by atoms with van der Waals surface area (Å²) in [5.41, 5.74) is 1.16. The number of urea groups is 1. The predicted molar refractivity (Wildman–Crippen MR) is 67.1 cm³/mol. The monoisotopic (exact) mass is 235 g/mol. The summed E-state index contributed by atoms with van der Waals surface area (Å²) >= 11 is 1.39. The number of carbonyl (C=O) groups is 1. The van der Waals surface area contributed by atoms with Gasteiger partial charge in [0.1, 0.15) is 0 Å². The van der Waals surface area contributed by atoms with Crippen LogP contribution in [0, 0.1) is 6.92 Å². The molecule has 5 heteroatoms.